The minimum absolute atomic E-state index is 0.120. The Morgan fingerprint density at radius 2 is 2.20 bits per heavy atom. The van der Waals surface area contributed by atoms with Crippen molar-refractivity contribution in [2.24, 2.45) is 5.14 Å². The number of aromatic carboxylic acids is 1. The lowest BCUT2D eigenvalue weighted by molar-refractivity contribution is 0.0697. The van der Waals surface area contributed by atoms with Crippen molar-refractivity contribution in [3.63, 3.8) is 0 Å². The highest BCUT2D eigenvalue weighted by Gasteiger charge is 2.15. The summed E-state index contributed by atoms with van der Waals surface area (Å²) in [5.74, 6) is 0.386. The number of nitrogens with one attached hydrogen (secondary N) is 1. The fraction of sp³-hybridized carbons (Fsp3) is 0.250. The molecule has 0 fully saturated rings. The average Bonchev–Trinajstić information content (AvgIpc) is 2.37. The molecule has 0 aliphatic carbocycles. The third kappa shape index (κ3) is 4.87. The van der Waals surface area contributed by atoms with Crippen molar-refractivity contribution in [1.82, 2.24) is 0 Å². The summed E-state index contributed by atoms with van der Waals surface area (Å²) < 4.78 is 22.4. The second-order valence-electron chi connectivity index (χ2n) is 3.85. The molecule has 1 rings (SSSR count). The fourth-order valence-corrected chi connectivity index (χ4v) is 2.58. The van der Waals surface area contributed by atoms with Crippen LogP contribution < -0.4 is 10.5 Å². The highest BCUT2D eigenvalue weighted by Crippen LogP contribution is 2.20. The smallest absolute Gasteiger partial charge is 0.337 e. The molecule has 8 heteroatoms. The molecule has 0 saturated carbocycles. The Hall–Kier alpha value is -1.51. The number of anilines is 1. The van der Waals surface area contributed by atoms with Gasteiger partial charge in [0.05, 0.1) is 10.5 Å². The summed E-state index contributed by atoms with van der Waals surface area (Å²) in [7, 11) is -3.91. The van der Waals surface area contributed by atoms with E-state index in [0.717, 1.165) is 17.6 Å². The van der Waals surface area contributed by atoms with Crippen LogP contribution in [0.15, 0.2) is 35.7 Å². The molecule has 20 heavy (non-hydrogen) atoms. The molecule has 1 aromatic carbocycles. The molecule has 1 aromatic rings. The van der Waals surface area contributed by atoms with Crippen LogP contribution in [0.1, 0.15) is 10.4 Å². The number of carboxylic acid groups (broad SMARTS) is 1. The number of thioether (sulfide) groups is 1. The van der Waals surface area contributed by atoms with E-state index in [2.05, 4.69) is 11.9 Å². The molecule has 0 radical (unpaired) electrons. The summed E-state index contributed by atoms with van der Waals surface area (Å²) in [6, 6.07) is 3.74. The van der Waals surface area contributed by atoms with E-state index in [9.17, 15) is 13.2 Å². The minimum atomic E-state index is -3.91. The maximum absolute atomic E-state index is 11.2. The van der Waals surface area contributed by atoms with Crippen molar-refractivity contribution in [3.8, 4) is 0 Å². The van der Waals surface area contributed by atoms with Gasteiger partial charge in [0.15, 0.2) is 0 Å². The van der Waals surface area contributed by atoms with E-state index in [1.165, 1.54) is 12.1 Å². The zero-order valence-corrected chi connectivity index (χ0v) is 12.3. The Balaban J connectivity index is 2.86. The molecule has 0 atom stereocenters. The van der Waals surface area contributed by atoms with Gasteiger partial charge in [0.25, 0.3) is 0 Å². The highest BCUT2D eigenvalue weighted by molar-refractivity contribution is 7.99. The Morgan fingerprint density at radius 3 is 2.75 bits per heavy atom. The van der Waals surface area contributed by atoms with Gasteiger partial charge in [-0.25, -0.2) is 18.4 Å². The summed E-state index contributed by atoms with van der Waals surface area (Å²) in [5, 5.41) is 17.0. The zero-order chi connectivity index (χ0) is 15.2. The molecule has 0 heterocycles. The Kier molecular flexibility index (Phi) is 6.05. The van der Waals surface area contributed by atoms with E-state index < -0.39 is 16.0 Å². The predicted octanol–water partition coefficient (Wildman–Crippen LogP) is 1.36. The minimum Gasteiger partial charge on any atom is -0.478 e. The van der Waals surface area contributed by atoms with Crippen LogP contribution in [-0.4, -0.2) is 37.5 Å². The van der Waals surface area contributed by atoms with Crippen LogP contribution in [0, 0.1) is 0 Å². The first kappa shape index (κ1) is 16.5. The molecule has 0 aromatic heterocycles. The van der Waals surface area contributed by atoms with Gasteiger partial charge >= 0.3 is 5.97 Å². The van der Waals surface area contributed by atoms with Gasteiger partial charge in [0.2, 0.25) is 10.0 Å². The molecule has 0 saturated heterocycles. The van der Waals surface area contributed by atoms with Crippen LogP contribution in [0.5, 0.6) is 0 Å². The Labute approximate surface area is 122 Å². The number of carbonyl (C=O) groups is 1. The molecule has 0 unspecified atom stereocenters. The second kappa shape index (κ2) is 7.32. The van der Waals surface area contributed by atoms with E-state index >= 15 is 0 Å². The summed E-state index contributed by atoms with van der Waals surface area (Å²) in [6.45, 7) is 4.16. The number of carboxylic acids is 1. The van der Waals surface area contributed by atoms with Crippen LogP contribution in [0.2, 0.25) is 0 Å². The predicted molar refractivity (Wildman–Crippen MR) is 80.8 cm³/mol. The fourth-order valence-electron chi connectivity index (χ4n) is 1.46. The third-order valence-electron chi connectivity index (χ3n) is 2.35. The molecule has 4 N–H and O–H groups in total. The topological polar surface area (TPSA) is 109 Å². The number of sulfonamides is 1. The molecular formula is C12H16N2O4S2. The zero-order valence-electron chi connectivity index (χ0n) is 10.7. The van der Waals surface area contributed by atoms with Crippen LogP contribution in [0.25, 0.3) is 0 Å². The van der Waals surface area contributed by atoms with E-state index in [0.29, 0.717) is 12.2 Å². The standard InChI is InChI=1S/C12H16N2O4S2/c1-2-6-19-7-5-14-11-4-3-9(20(13,17)18)8-10(11)12(15)16/h2-4,8,14H,1,5-7H2,(H,15,16)(H2,13,17,18). The SMILES string of the molecule is C=CCSCCNc1ccc(S(N)(=O)=O)cc1C(=O)O. The highest BCUT2D eigenvalue weighted by atomic mass is 32.2. The van der Waals surface area contributed by atoms with Crippen molar-refractivity contribution in [2.45, 2.75) is 4.90 Å². The lowest BCUT2D eigenvalue weighted by Gasteiger charge is -2.10. The van der Waals surface area contributed by atoms with Crippen LogP contribution >= 0.6 is 11.8 Å². The van der Waals surface area contributed by atoms with Crippen molar-refractivity contribution < 1.29 is 18.3 Å². The quantitative estimate of drug-likeness (QED) is 0.493. The summed E-state index contributed by atoms with van der Waals surface area (Å²) in [5.41, 5.74) is 0.245. The van der Waals surface area contributed by atoms with Crippen molar-refractivity contribution >= 4 is 33.4 Å². The molecule has 0 spiro atoms. The molecule has 0 bridgehead atoms. The van der Waals surface area contributed by atoms with E-state index in [4.69, 9.17) is 10.2 Å². The van der Waals surface area contributed by atoms with Gasteiger partial charge in [0.1, 0.15) is 0 Å². The van der Waals surface area contributed by atoms with Crippen molar-refractivity contribution in [1.29, 1.82) is 0 Å². The van der Waals surface area contributed by atoms with E-state index in [-0.39, 0.29) is 10.5 Å². The molecule has 6 nitrogen and oxygen atoms in total. The lowest BCUT2D eigenvalue weighted by atomic mass is 10.2. The summed E-state index contributed by atoms with van der Waals surface area (Å²) in [6.07, 6.45) is 1.79. The summed E-state index contributed by atoms with van der Waals surface area (Å²) in [4.78, 5) is 10.9. The first-order valence-corrected chi connectivity index (χ1v) is 8.39. The average molecular weight is 316 g/mol. The van der Waals surface area contributed by atoms with Gasteiger partial charge < -0.3 is 10.4 Å². The normalized spacial score (nSPS) is 11.1. The van der Waals surface area contributed by atoms with Crippen LogP contribution in [-0.2, 0) is 10.0 Å². The largest absolute Gasteiger partial charge is 0.478 e. The van der Waals surface area contributed by atoms with Crippen LogP contribution in [0.4, 0.5) is 5.69 Å². The number of nitrogens with two attached hydrogens (primary N) is 1. The number of hydrogen-bond acceptors (Lipinski definition) is 5. The number of primary sulfonamides is 1. The van der Waals surface area contributed by atoms with Gasteiger partial charge in [-0.1, -0.05) is 6.08 Å². The maximum Gasteiger partial charge on any atom is 0.337 e. The second-order valence-corrected chi connectivity index (χ2v) is 6.56. The molecule has 0 amide bonds. The van der Waals surface area contributed by atoms with Gasteiger partial charge in [-0.2, -0.15) is 11.8 Å². The molecule has 110 valence electrons. The van der Waals surface area contributed by atoms with Crippen molar-refractivity contribution in [3.05, 3.63) is 36.4 Å². The molecular weight excluding hydrogens is 300 g/mol. The maximum atomic E-state index is 11.2. The van der Waals surface area contributed by atoms with Gasteiger partial charge in [-0.05, 0) is 18.2 Å². The van der Waals surface area contributed by atoms with E-state index in [1.54, 1.807) is 17.8 Å². The number of hydrogen-bond donors (Lipinski definition) is 3. The van der Waals surface area contributed by atoms with Gasteiger partial charge in [0, 0.05) is 23.7 Å². The third-order valence-corrected chi connectivity index (χ3v) is 4.22. The van der Waals surface area contributed by atoms with Gasteiger partial charge in [-0.15, -0.1) is 6.58 Å². The molecule has 0 aliphatic heterocycles. The number of benzene rings is 1. The van der Waals surface area contributed by atoms with E-state index in [1.807, 2.05) is 0 Å². The summed E-state index contributed by atoms with van der Waals surface area (Å²) >= 11 is 1.65. The lowest BCUT2D eigenvalue weighted by Crippen LogP contribution is -2.15. The number of rotatable bonds is 8. The first-order chi connectivity index (χ1) is 9.36. The first-order valence-electron chi connectivity index (χ1n) is 5.69. The van der Waals surface area contributed by atoms with Gasteiger partial charge in [-0.3, -0.25) is 0 Å². The Bertz CT molecular complexity index is 599. The van der Waals surface area contributed by atoms with Crippen molar-refractivity contribution in [2.75, 3.05) is 23.4 Å². The van der Waals surface area contributed by atoms with Crippen LogP contribution in [0.3, 0.4) is 0 Å². The Morgan fingerprint density at radius 1 is 1.50 bits per heavy atom. The monoisotopic (exact) mass is 316 g/mol. The molecule has 0 aliphatic rings.